The molecule has 0 spiro atoms. The maximum Gasteiger partial charge on any atom is 0.274 e. The van der Waals surface area contributed by atoms with Crippen molar-refractivity contribution in [2.24, 2.45) is 0 Å². The molecule has 0 radical (unpaired) electrons. The molecule has 2 aromatic heterocycles. The van der Waals surface area contributed by atoms with Crippen molar-refractivity contribution >= 4 is 11.7 Å². The molecule has 0 unspecified atom stereocenters. The highest BCUT2D eigenvalue weighted by atomic mass is 16.2. The summed E-state index contributed by atoms with van der Waals surface area (Å²) in [6.45, 7) is 3.57. The topological polar surface area (TPSA) is 67.2 Å². The summed E-state index contributed by atoms with van der Waals surface area (Å²) in [5, 5.41) is 12.8. The summed E-state index contributed by atoms with van der Waals surface area (Å²) in [7, 11) is 0. The van der Waals surface area contributed by atoms with E-state index in [2.05, 4.69) is 20.2 Å². The Balaban J connectivity index is 1.47. The molecule has 0 bridgehead atoms. The minimum absolute atomic E-state index is 0.0164. The van der Waals surface area contributed by atoms with Gasteiger partial charge in [-0.3, -0.25) is 9.48 Å². The first-order valence-corrected chi connectivity index (χ1v) is 9.18. The normalized spacial score (nSPS) is 20.9. The first-order valence-electron chi connectivity index (χ1n) is 9.18. The van der Waals surface area contributed by atoms with Crippen LogP contribution in [-0.2, 0) is 6.54 Å². The number of hydrogen-bond donors (Lipinski definition) is 0. The minimum Gasteiger partial charge on any atom is -0.355 e. The second-order valence-electron chi connectivity index (χ2n) is 6.85. The molecular weight excluding hydrogens is 316 g/mol. The summed E-state index contributed by atoms with van der Waals surface area (Å²) in [6, 6.07) is 5.83. The minimum atomic E-state index is -0.0164. The first kappa shape index (κ1) is 16.1. The van der Waals surface area contributed by atoms with Gasteiger partial charge in [0.25, 0.3) is 5.91 Å². The zero-order valence-electron chi connectivity index (χ0n) is 14.4. The molecule has 0 saturated carbocycles. The number of anilines is 1. The van der Waals surface area contributed by atoms with E-state index in [0.717, 1.165) is 51.3 Å². The Morgan fingerprint density at radius 3 is 2.64 bits per heavy atom. The number of rotatable bonds is 4. The van der Waals surface area contributed by atoms with Gasteiger partial charge in [0.2, 0.25) is 0 Å². The largest absolute Gasteiger partial charge is 0.355 e. The number of amides is 1. The van der Waals surface area contributed by atoms with E-state index in [1.165, 1.54) is 12.8 Å². The fourth-order valence-electron chi connectivity index (χ4n) is 3.78. The van der Waals surface area contributed by atoms with E-state index in [4.69, 9.17) is 0 Å². The highest BCUT2D eigenvalue weighted by Gasteiger charge is 2.29. The monoisotopic (exact) mass is 340 g/mol. The lowest BCUT2D eigenvalue weighted by Crippen LogP contribution is -2.46. The van der Waals surface area contributed by atoms with Crippen LogP contribution < -0.4 is 4.90 Å². The molecule has 7 heteroatoms. The molecule has 2 saturated heterocycles. The molecule has 1 amide bonds. The molecule has 2 fully saturated rings. The van der Waals surface area contributed by atoms with E-state index in [-0.39, 0.29) is 11.9 Å². The molecule has 132 valence electrons. The van der Waals surface area contributed by atoms with Gasteiger partial charge in [0.1, 0.15) is 0 Å². The van der Waals surface area contributed by atoms with Crippen LogP contribution in [0.5, 0.6) is 0 Å². The molecular formula is C18H24N6O. The Hall–Kier alpha value is -2.44. The molecule has 2 aliphatic heterocycles. The number of carbonyl (C=O) groups is 1. The van der Waals surface area contributed by atoms with Gasteiger partial charge in [-0.1, -0.05) is 0 Å². The summed E-state index contributed by atoms with van der Waals surface area (Å²) in [4.78, 5) is 17.1. The van der Waals surface area contributed by atoms with Crippen molar-refractivity contribution in [2.75, 3.05) is 24.5 Å². The Kier molecular flexibility index (Phi) is 4.63. The van der Waals surface area contributed by atoms with Crippen LogP contribution in [0.1, 0.15) is 42.6 Å². The van der Waals surface area contributed by atoms with Gasteiger partial charge >= 0.3 is 0 Å². The molecule has 0 N–H and O–H groups in total. The SMILES string of the molecule is O=C(c1ccc(N2CCCC2)nn1)N1CCCC[C@@H]1Cn1cccn1. The highest BCUT2D eigenvalue weighted by Crippen LogP contribution is 2.21. The quantitative estimate of drug-likeness (QED) is 0.851. The molecule has 7 nitrogen and oxygen atoms in total. The molecule has 4 rings (SSSR count). The second kappa shape index (κ2) is 7.21. The summed E-state index contributed by atoms with van der Waals surface area (Å²) in [5.41, 5.74) is 0.440. The molecule has 1 atom stereocenters. The Labute approximate surface area is 147 Å². The number of aromatic nitrogens is 4. The maximum atomic E-state index is 13.0. The van der Waals surface area contributed by atoms with E-state index in [0.29, 0.717) is 5.69 Å². The van der Waals surface area contributed by atoms with Gasteiger partial charge < -0.3 is 9.80 Å². The van der Waals surface area contributed by atoms with Crippen LogP contribution >= 0.6 is 0 Å². The molecule has 2 aliphatic rings. The van der Waals surface area contributed by atoms with Crippen molar-refractivity contribution in [3.63, 3.8) is 0 Å². The molecule has 0 aliphatic carbocycles. The molecule has 25 heavy (non-hydrogen) atoms. The summed E-state index contributed by atoms with van der Waals surface area (Å²) >= 11 is 0. The predicted octanol–water partition coefficient (Wildman–Crippen LogP) is 1.97. The Morgan fingerprint density at radius 1 is 1.08 bits per heavy atom. The maximum absolute atomic E-state index is 13.0. The third kappa shape index (κ3) is 3.50. The lowest BCUT2D eigenvalue weighted by Gasteiger charge is -2.35. The summed E-state index contributed by atoms with van der Waals surface area (Å²) in [6.07, 6.45) is 9.32. The van der Waals surface area contributed by atoms with Crippen molar-refractivity contribution in [2.45, 2.75) is 44.7 Å². The van der Waals surface area contributed by atoms with Crippen LogP contribution in [0.25, 0.3) is 0 Å². The van der Waals surface area contributed by atoms with Crippen molar-refractivity contribution in [1.29, 1.82) is 0 Å². The fraction of sp³-hybridized carbons (Fsp3) is 0.556. The van der Waals surface area contributed by atoms with Crippen molar-refractivity contribution in [3.8, 4) is 0 Å². The summed E-state index contributed by atoms with van der Waals surface area (Å²) < 4.78 is 1.90. The van der Waals surface area contributed by atoms with E-state index in [1.54, 1.807) is 6.20 Å². The zero-order valence-corrected chi connectivity index (χ0v) is 14.4. The van der Waals surface area contributed by atoms with Crippen LogP contribution in [-0.4, -0.2) is 56.5 Å². The third-order valence-electron chi connectivity index (χ3n) is 5.14. The van der Waals surface area contributed by atoms with Crippen LogP contribution in [0.3, 0.4) is 0 Å². The van der Waals surface area contributed by atoms with Gasteiger partial charge in [-0.2, -0.15) is 5.10 Å². The Morgan fingerprint density at radius 2 is 1.92 bits per heavy atom. The first-order chi connectivity index (χ1) is 12.3. The second-order valence-corrected chi connectivity index (χ2v) is 6.85. The smallest absolute Gasteiger partial charge is 0.274 e. The number of nitrogens with zero attached hydrogens (tertiary/aromatic N) is 6. The van der Waals surface area contributed by atoms with E-state index in [9.17, 15) is 4.79 Å². The van der Waals surface area contributed by atoms with Gasteiger partial charge in [0, 0.05) is 32.0 Å². The highest BCUT2D eigenvalue weighted by molar-refractivity contribution is 5.92. The van der Waals surface area contributed by atoms with Crippen molar-refractivity contribution < 1.29 is 4.79 Å². The van der Waals surface area contributed by atoms with E-state index < -0.39 is 0 Å². The van der Waals surface area contributed by atoms with Gasteiger partial charge in [-0.25, -0.2) is 0 Å². The average Bonchev–Trinajstić information content (AvgIpc) is 3.36. The molecule has 0 aromatic carbocycles. The van der Waals surface area contributed by atoms with Crippen LogP contribution in [0, 0.1) is 0 Å². The molecule has 2 aromatic rings. The van der Waals surface area contributed by atoms with Gasteiger partial charge in [-0.05, 0) is 50.3 Å². The molecule has 4 heterocycles. The predicted molar refractivity (Wildman–Crippen MR) is 94.4 cm³/mol. The van der Waals surface area contributed by atoms with Gasteiger partial charge in [0.15, 0.2) is 11.5 Å². The standard InChI is InChI=1S/C18H24N6O/c25-18(16-7-8-17(21-20-16)22-10-3-4-11-22)24-13-2-1-6-15(24)14-23-12-5-9-19-23/h5,7-9,12,15H,1-4,6,10-11,13-14H2/t15-/m1/s1. The Bertz CT molecular complexity index is 693. The van der Waals surface area contributed by atoms with E-state index in [1.807, 2.05) is 34.0 Å². The van der Waals surface area contributed by atoms with E-state index >= 15 is 0 Å². The average molecular weight is 340 g/mol. The third-order valence-corrected chi connectivity index (χ3v) is 5.14. The van der Waals surface area contributed by atoms with Gasteiger partial charge in [-0.15, -0.1) is 10.2 Å². The lowest BCUT2D eigenvalue weighted by atomic mass is 10.0. The van der Waals surface area contributed by atoms with Crippen molar-refractivity contribution in [3.05, 3.63) is 36.3 Å². The zero-order chi connectivity index (χ0) is 17.1. The van der Waals surface area contributed by atoms with Crippen molar-refractivity contribution in [1.82, 2.24) is 24.9 Å². The van der Waals surface area contributed by atoms with Crippen LogP contribution in [0.15, 0.2) is 30.6 Å². The lowest BCUT2D eigenvalue weighted by molar-refractivity contribution is 0.0576. The fourth-order valence-corrected chi connectivity index (χ4v) is 3.78. The number of carbonyl (C=O) groups excluding carboxylic acids is 1. The number of hydrogen-bond acceptors (Lipinski definition) is 5. The van der Waals surface area contributed by atoms with Gasteiger partial charge in [0.05, 0.1) is 12.6 Å². The van der Waals surface area contributed by atoms with Crippen LogP contribution in [0.4, 0.5) is 5.82 Å². The number of piperidine rings is 1. The van der Waals surface area contributed by atoms with Crippen LogP contribution in [0.2, 0.25) is 0 Å². The number of likely N-dealkylation sites (tertiary alicyclic amines) is 1. The summed E-state index contributed by atoms with van der Waals surface area (Å²) in [5.74, 6) is 0.859.